The predicted molar refractivity (Wildman–Crippen MR) is 144 cm³/mol. The molecule has 0 aliphatic rings. The number of hydrogen-bond acceptors (Lipinski definition) is 4. The second kappa shape index (κ2) is 11.7. The number of ketones is 1. The largest absolute Gasteiger partial charge is 0.497 e. The highest BCUT2D eigenvalue weighted by atomic mass is 16.5. The SMILES string of the molecule is COc1ccc(CCN[C@@H](C(=O)c2c[nH]c3c(CCC(=O)N(C)C)cccc23)c2ccccc2)cc1. The number of aromatic nitrogens is 1. The highest BCUT2D eigenvalue weighted by Gasteiger charge is 2.24. The number of Topliss-reactive ketones (excluding diaryl/α,β-unsaturated/α-hetero) is 1. The molecule has 186 valence electrons. The number of H-pyrrole nitrogens is 1. The summed E-state index contributed by atoms with van der Waals surface area (Å²) in [5.41, 5.74) is 4.70. The van der Waals surface area contributed by atoms with E-state index >= 15 is 0 Å². The third-order valence-corrected chi connectivity index (χ3v) is 6.49. The number of nitrogens with zero attached hydrogens (tertiary/aromatic N) is 1. The first kappa shape index (κ1) is 25.2. The first-order valence-corrected chi connectivity index (χ1v) is 12.2. The molecule has 6 heteroatoms. The zero-order valence-corrected chi connectivity index (χ0v) is 21.1. The van der Waals surface area contributed by atoms with Gasteiger partial charge in [0, 0.05) is 49.7 Å². The van der Waals surface area contributed by atoms with Gasteiger partial charge in [-0.25, -0.2) is 0 Å². The molecule has 0 fully saturated rings. The molecule has 4 rings (SSSR count). The van der Waals surface area contributed by atoms with Crippen molar-refractivity contribution in [3.63, 3.8) is 0 Å². The lowest BCUT2D eigenvalue weighted by Gasteiger charge is -2.18. The van der Waals surface area contributed by atoms with E-state index in [1.165, 1.54) is 5.56 Å². The number of methoxy groups -OCH3 is 1. The first-order chi connectivity index (χ1) is 17.5. The topological polar surface area (TPSA) is 74.4 Å². The molecule has 0 aliphatic carbocycles. The van der Waals surface area contributed by atoms with Gasteiger partial charge in [0.15, 0.2) is 5.78 Å². The number of amides is 1. The Balaban J connectivity index is 1.55. The third kappa shape index (κ3) is 5.83. The first-order valence-electron chi connectivity index (χ1n) is 12.2. The van der Waals surface area contributed by atoms with Crippen LogP contribution >= 0.6 is 0 Å². The smallest absolute Gasteiger partial charge is 0.222 e. The van der Waals surface area contributed by atoms with Gasteiger partial charge in [0.05, 0.1) is 13.2 Å². The highest BCUT2D eigenvalue weighted by molar-refractivity contribution is 6.11. The van der Waals surface area contributed by atoms with Crippen molar-refractivity contribution in [2.24, 2.45) is 0 Å². The van der Waals surface area contributed by atoms with E-state index in [1.807, 2.05) is 72.8 Å². The number of carbonyl (C=O) groups is 2. The van der Waals surface area contributed by atoms with Gasteiger partial charge in [-0.05, 0) is 41.7 Å². The van der Waals surface area contributed by atoms with Gasteiger partial charge in [0.1, 0.15) is 5.75 Å². The monoisotopic (exact) mass is 483 g/mol. The van der Waals surface area contributed by atoms with Gasteiger partial charge < -0.3 is 19.9 Å². The molecule has 36 heavy (non-hydrogen) atoms. The van der Waals surface area contributed by atoms with Gasteiger partial charge in [-0.15, -0.1) is 0 Å². The number of ether oxygens (including phenoxy) is 1. The van der Waals surface area contributed by atoms with Crippen molar-refractivity contribution >= 4 is 22.6 Å². The van der Waals surface area contributed by atoms with Gasteiger partial charge in [0.25, 0.3) is 0 Å². The number of rotatable bonds is 11. The Bertz CT molecular complexity index is 1310. The molecule has 2 N–H and O–H groups in total. The number of aryl methyl sites for hydroxylation is 1. The summed E-state index contributed by atoms with van der Waals surface area (Å²) < 4.78 is 5.24. The molecule has 0 unspecified atom stereocenters. The van der Waals surface area contributed by atoms with E-state index in [9.17, 15) is 9.59 Å². The van der Waals surface area contributed by atoms with Gasteiger partial charge >= 0.3 is 0 Å². The quantitative estimate of drug-likeness (QED) is 0.296. The van der Waals surface area contributed by atoms with Crippen molar-refractivity contribution in [1.29, 1.82) is 0 Å². The van der Waals surface area contributed by atoms with Crippen LogP contribution in [-0.2, 0) is 17.6 Å². The Morgan fingerprint density at radius 3 is 2.39 bits per heavy atom. The lowest BCUT2D eigenvalue weighted by Crippen LogP contribution is -2.30. The van der Waals surface area contributed by atoms with E-state index < -0.39 is 6.04 Å². The fourth-order valence-electron chi connectivity index (χ4n) is 4.41. The van der Waals surface area contributed by atoms with Crippen molar-refractivity contribution in [2.45, 2.75) is 25.3 Å². The summed E-state index contributed by atoms with van der Waals surface area (Å²) in [7, 11) is 5.18. The van der Waals surface area contributed by atoms with Gasteiger partial charge in [-0.3, -0.25) is 9.59 Å². The van der Waals surface area contributed by atoms with E-state index in [4.69, 9.17) is 4.74 Å². The van der Waals surface area contributed by atoms with Crippen LogP contribution in [0.25, 0.3) is 10.9 Å². The minimum Gasteiger partial charge on any atom is -0.497 e. The summed E-state index contributed by atoms with van der Waals surface area (Å²) >= 11 is 0. The number of aromatic amines is 1. The van der Waals surface area contributed by atoms with Crippen molar-refractivity contribution in [3.05, 3.63) is 101 Å². The maximum Gasteiger partial charge on any atom is 0.222 e. The second-order valence-electron chi connectivity index (χ2n) is 9.09. The van der Waals surface area contributed by atoms with Crippen LogP contribution in [-0.4, -0.2) is 49.3 Å². The Kier molecular flexibility index (Phi) is 8.18. The number of fused-ring (bicyclic) bond motifs is 1. The summed E-state index contributed by atoms with van der Waals surface area (Å²) in [5, 5.41) is 4.37. The summed E-state index contributed by atoms with van der Waals surface area (Å²) in [4.78, 5) is 30.9. The van der Waals surface area contributed by atoms with Crippen LogP contribution in [0.3, 0.4) is 0 Å². The third-order valence-electron chi connectivity index (χ3n) is 6.49. The molecule has 3 aromatic carbocycles. The van der Waals surface area contributed by atoms with Crippen LogP contribution in [0, 0.1) is 0 Å². The van der Waals surface area contributed by atoms with Crippen LogP contribution in [0.2, 0.25) is 0 Å². The van der Waals surface area contributed by atoms with Crippen LogP contribution in [0.15, 0.2) is 79.0 Å². The summed E-state index contributed by atoms with van der Waals surface area (Å²) in [5.74, 6) is 0.928. The van der Waals surface area contributed by atoms with E-state index in [2.05, 4.69) is 10.3 Å². The standard InChI is InChI=1S/C30H33N3O3/c1-33(2)27(34)17-14-23-10-7-11-25-26(20-32-28(23)25)30(35)29(22-8-5-4-6-9-22)31-19-18-21-12-15-24(36-3)16-13-21/h4-13,15-16,20,29,31-32H,14,17-19H2,1-3H3/t29-/m1/s1. The minimum atomic E-state index is -0.470. The summed E-state index contributed by atoms with van der Waals surface area (Å²) in [6, 6.07) is 23.3. The molecule has 1 aromatic heterocycles. The minimum absolute atomic E-state index is 0.0173. The molecule has 1 atom stereocenters. The Labute approximate surface area is 212 Å². The van der Waals surface area contributed by atoms with Gasteiger partial charge in [-0.2, -0.15) is 0 Å². The number of nitrogens with one attached hydrogen (secondary N) is 2. The maximum atomic E-state index is 13.9. The number of carbonyl (C=O) groups excluding carboxylic acids is 2. The fraction of sp³-hybridized carbons (Fsp3) is 0.267. The summed E-state index contributed by atoms with van der Waals surface area (Å²) in [6.07, 6.45) is 3.63. The van der Waals surface area contributed by atoms with Crippen molar-refractivity contribution in [1.82, 2.24) is 15.2 Å². The molecule has 0 saturated carbocycles. The van der Waals surface area contributed by atoms with Crippen LogP contribution < -0.4 is 10.1 Å². The zero-order chi connectivity index (χ0) is 25.5. The fourth-order valence-corrected chi connectivity index (χ4v) is 4.41. The molecule has 0 aliphatic heterocycles. The maximum absolute atomic E-state index is 13.9. The molecule has 1 amide bonds. The molecule has 4 aromatic rings. The Morgan fingerprint density at radius 2 is 1.69 bits per heavy atom. The average molecular weight is 484 g/mol. The van der Waals surface area contributed by atoms with E-state index in [1.54, 1.807) is 32.3 Å². The number of benzene rings is 3. The van der Waals surface area contributed by atoms with Crippen molar-refractivity contribution in [2.75, 3.05) is 27.7 Å². The molecular weight excluding hydrogens is 450 g/mol. The van der Waals surface area contributed by atoms with E-state index in [-0.39, 0.29) is 11.7 Å². The molecular formula is C30H33N3O3. The molecule has 6 nitrogen and oxygen atoms in total. The normalized spacial score (nSPS) is 11.9. The Morgan fingerprint density at radius 1 is 0.944 bits per heavy atom. The summed E-state index contributed by atoms with van der Waals surface area (Å²) in [6.45, 7) is 0.651. The van der Waals surface area contributed by atoms with Crippen LogP contribution in [0.5, 0.6) is 5.75 Å². The lowest BCUT2D eigenvalue weighted by molar-refractivity contribution is -0.128. The van der Waals surface area contributed by atoms with Crippen molar-refractivity contribution in [3.8, 4) is 5.75 Å². The average Bonchev–Trinajstić information content (AvgIpc) is 3.35. The Hall–Kier alpha value is -3.90. The highest BCUT2D eigenvalue weighted by Crippen LogP contribution is 2.27. The van der Waals surface area contributed by atoms with Crippen LogP contribution in [0.1, 0.15) is 39.5 Å². The zero-order valence-electron chi connectivity index (χ0n) is 21.1. The van der Waals surface area contributed by atoms with Gasteiger partial charge in [0.2, 0.25) is 5.91 Å². The van der Waals surface area contributed by atoms with E-state index in [0.717, 1.165) is 34.2 Å². The number of para-hydroxylation sites is 1. The van der Waals surface area contributed by atoms with Gasteiger partial charge in [-0.1, -0.05) is 60.7 Å². The van der Waals surface area contributed by atoms with E-state index in [0.29, 0.717) is 24.9 Å². The molecule has 0 spiro atoms. The van der Waals surface area contributed by atoms with Crippen molar-refractivity contribution < 1.29 is 14.3 Å². The predicted octanol–water partition coefficient (Wildman–Crippen LogP) is 4.95. The molecule has 0 saturated heterocycles. The second-order valence-corrected chi connectivity index (χ2v) is 9.09. The van der Waals surface area contributed by atoms with Crippen LogP contribution in [0.4, 0.5) is 0 Å². The molecule has 0 bridgehead atoms. The lowest BCUT2D eigenvalue weighted by atomic mass is 9.95. The number of hydrogen-bond donors (Lipinski definition) is 2. The molecule has 1 heterocycles. The molecule has 0 radical (unpaired) electrons.